The smallest absolute Gasteiger partial charge is 0.297 e. The molecule has 278 valence electrons. The first-order chi connectivity index (χ1) is 24.0. The summed E-state index contributed by atoms with van der Waals surface area (Å²) >= 11 is 0. The minimum atomic E-state index is -3.83. The molecule has 14 heteroatoms. The highest BCUT2D eigenvalue weighted by atomic mass is 32.2. The van der Waals surface area contributed by atoms with Gasteiger partial charge in [-0.05, 0) is 74.8 Å². The number of ether oxygens (including phenoxy) is 4. The van der Waals surface area contributed by atoms with E-state index in [0.29, 0.717) is 64.5 Å². The Morgan fingerprint density at radius 2 is 1.56 bits per heavy atom. The number of amides is 2. The van der Waals surface area contributed by atoms with Gasteiger partial charge < -0.3 is 24.3 Å². The molecule has 0 saturated carbocycles. The van der Waals surface area contributed by atoms with Crippen LogP contribution >= 0.6 is 0 Å². The summed E-state index contributed by atoms with van der Waals surface area (Å²) < 4.78 is 51.6. The molecule has 0 fully saturated rings. The molecule has 4 rings (SSSR count). The fourth-order valence-corrected chi connectivity index (χ4v) is 6.47. The minimum Gasteiger partial charge on any atom is -0.494 e. The van der Waals surface area contributed by atoms with Gasteiger partial charge in [0.2, 0.25) is 11.8 Å². The highest BCUT2D eigenvalue weighted by Crippen LogP contribution is 2.27. The van der Waals surface area contributed by atoms with Gasteiger partial charge in [-0.15, -0.1) is 0 Å². The maximum atomic E-state index is 13.7. The standard InChI is InChI=1S/C36H52N2O11S/c1-26(2)24-32-31(36(41)38-42)6-4-17-48-29-12-10-28(11-13-29)25-33(37-35(32)40)34(39)7-5-16-45-18-19-46-20-21-47-22-23-49-50(43,44)30-14-8-27(3)9-15-30/h8-15,26,31-33,42H,4-7,16-25H2,1-3H3,(H,37,40)(H,38,41)/t31-,32+,33-/m0/s1. The van der Waals surface area contributed by atoms with Crippen molar-refractivity contribution in [1.29, 1.82) is 0 Å². The zero-order valence-corrected chi connectivity index (χ0v) is 30.1. The summed E-state index contributed by atoms with van der Waals surface area (Å²) in [6.07, 6.45) is 2.14. The number of benzene rings is 2. The third kappa shape index (κ3) is 14.4. The number of fused-ring (bicyclic) bond motifs is 11. The normalized spacial score (nSPS) is 18.7. The lowest BCUT2D eigenvalue weighted by Gasteiger charge is -2.29. The highest BCUT2D eigenvalue weighted by Gasteiger charge is 2.36. The van der Waals surface area contributed by atoms with Crippen molar-refractivity contribution in [2.75, 3.05) is 52.9 Å². The molecule has 0 spiro atoms. The molecule has 2 aromatic rings. The predicted octanol–water partition coefficient (Wildman–Crippen LogP) is 3.78. The molecule has 0 radical (unpaired) electrons. The molecule has 3 N–H and O–H groups in total. The second-order valence-corrected chi connectivity index (χ2v) is 14.3. The van der Waals surface area contributed by atoms with E-state index in [0.717, 1.165) is 11.1 Å². The van der Waals surface area contributed by atoms with E-state index in [2.05, 4.69) is 5.32 Å². The van der Waals surface area contributed by atoms with Crippen molar-refractivity contribution in [1.82, 2.24) is 10.8 Å². The van der Waals surface area contributed by atoms with Gasteiger partial charge in [-0.2, -0.15) is 8.42 Å². The summed E-state index contributed by atoms with van der Waals surface area (Å²) in [6.45, 7) is 7.62. The number of ketones is 1. The van der Waals surface area contributed by atoms with Crippen LogP contribution in [0.25, 0.3) is 0 Å². The van der Waals surface area contributed by atoms with Crippen LogP contribution in [0, 0.1) is 24.7 Å². The molecule has 2 amide bonds. The van der Waals surface area contributed by atoms with Gasteiger partial charge in [0.1, 0.15) is 5.75 Å². The van der Waals surface area contributed by atoms with Gasteiger partial charge in [0, 0.05) is 18.9 Å². The molecule has 2 aliphatic rings. The first-order valence-electron chi connectivity index (χ1n) is 17.2. The lowest BCUT2D eigenvalue weighted by atomic mass is 9.81. The molecule has 2 aliphatic heterocycles. The van der Waals surface area contributed by atoms with Gasteiger partial charge in [-0.1, -0.05) is 43.7 Å². The number of carbonyl (C=O) groups excluding carboxylic acids is 3. The molecule has 0 aromatic heterocycles. The Balaban J connectivity index is 1.39. The molecule has 2 bridgehead atoms. The summed E-state index contributed by atoms with van der Waals surface area (Å²) in [7, 11) is -3.83. The van der Waals surface area contributed by atoms with Crippen LogP contribution in [0.4, 0.5) is 0 Å². The lowest BCUT2D eigenvalue weighted by molar-refractivity contribution is -0.142. The van der Waals surface area contributed by atoms with Crippen molar-refractivity contribution in [3.63, 3.8) is 0 Å². The van der Waals surface area contributed by atoms with Gasteiger partial charge >= 0.3 is 0 Å². The van der Waals surface area contributed by atoms with Gasteiger partial charge in [-0.25, -0.2) is 5.48 Å². The summed E-state index contributed by atoms with van der Waals surface area (Å²) in [5.74, 6) is -1.92. The first kappa shape index (κ1) is 41.0. The molecule has 3 atom stereocenters. The van der Waals surface area contributed by atoms with Crippen LogP contribution < -0.4 is 15.5 Å². The van der Waals surface area contributed by atoms with Gasteiger partial charge in [0.05, 0.1) is 63.1 Å². The van der Waals surface area contributed by atoms with E-state index in [9.17, 15) is 28.0 Å². The first-order valence-corrected chi connectivity index (χ1v) is 18.6. The van der Waals surface area contributed by atoms with E-state index < -0.39 is 39.8 Å². The summed E-state index contributed by atoms with van der Waals surface area (Å²) in [6, 6.07) is 13.0. The van der Waals surface area contributed by atoms with Crippen LogP contribution in [-0.2, 0) is 49.3 Å². The van der Waals surface area contributed by atoms with Crippen LogP contribution in [0.2, 0.25) is 0 Å². The monoisotopic (exact) mass is 720 g/mol. The van der Waals surface area contributed by atoms with Crippen LogP contribution in [0.5, 0.6) is 5.75 Å². The SMILES string of the molecule is Cc1ccc(S(=O)(=O)OCCOCCOCCOCCCC(=O)[C@@H]2Cc3ccc(cc3)OCCC[C@H](C(=O)NO)[C@@H](CC(C)C)C(=O)N2)cc1. The number of Topliss-reactive ketones (excluding diaryl/α,β-unsaturated/α-hetero) is 1. The van der Waals surface area contributed by atoms with Crippen LogP contribution in [-0.4, -0.2) is 90.1 Å². The second-order valence-electron chi connectivity index (χ2n) is 12.7. The van der Waals surface area contributed by atoms with E-state index in [1.165, 1.54) is 12.1 Å². The Morgan fingerprint density at radius 3 is 2.18 bits per heavy atom. The zero-order chi connectivity index (χ0) is 36.4. The lowest BCUT2D eigenvalue weighted by Crippen LogP contribution is -2.49. The molecular weight excluding hydrogens is 668 g/mol. The van der Waals surface area contributed by atoms with Crippen molar-refractivity contribution in [2.45, 2.75) is 70.2 Å². The van der Waals surface area contributed by atoms with Crippen molar-refractivity contribution < 1.29 is 51.1 Å². The Morgan fingerprint density at radius 1 is 0.940 bits per heavy atom. The summed E-state index contributed by atoms with van der Waals surface area (Å²) in [5, 5.41) is 12.4. The van der Waals surface area contributed by atoms with Gasteiger partial charge in [0.15, 0.2) is 5.78 Å². The Hall–Kier alpha value is -3.40. The van der Waals surface area contributed by atoms with E-state index in [1.54, 1.807) is 17.6 Å². The molecule has 0 unspecified atom stereocenters. The molecule has 13 nitrogen and oxygen atoms in total. The van der Waals surface area contributed by atoms with E-state index in [1.807, 2.05) is 45.0 Å². The molecule has 2 aromatic carbocycles. The van der Waals surface area contributed by atoms with Crippen molar-refractivity contribution >= 4 is 27.7 Å². The topological polar surface area (TPSA) is 176 Å². The number of rotatable bonds is 19. The second kappa shape index (κ2) is 21.7. The maximum Gasteiger partial charge on any atom is 0.297 e. The Kier molecular flexibility index (Phi) is 17.8. The van der Waals surface area contributed by atoms with E-state index in [4.69, 9.17) is 23.1 Å². The Bertz CT molecular complexity index is 1430. The molecular formula is C36H52N2O11S. The van der Waals surface area contributed by atoms with Crippen molar-refractivity contribution in [3.8, 4) is 5.75 Å². The fourth-order valence-electron chi connectivity index (χ4n) is 5.57. The average molecular weight is 721 g/mol. The minimum absolute atomic E-state index is 0.0944. The van der Waals surface area contributed by atoms with Crippen LogP contribution in [0.15, 0.2) is 53.4 Å². The number of hydrogen-bond donors (Lipinski definition) is 3. The van der Waals surface area contributed by atoms with Gasteiger partial charge in [-0.3, -0.25) is 23.8 Å². The molecule has 0 aliphatic carbocycles. The fraction of sp³-hybridized carbons (Fsp3) is 0.583. The van der Waals surface area contributed by atoms with E-state index in [-0.39, 0.29) is 49.3 Å². The number of nitrogens with one attached hydrogen (secondary N) is 2. The molecule has 0 saturated heterocycles. The number of carbonyl (C=O) groups is 3. The number of hydrogen-bond acceptors (Lipinski definition) is 11. The quantitative estimate of drug-likeness (QED) is 0.0834. The van der Waals surface area contributed by atoms with Crippen molar-refractivity contribution in [3.05, 3.63) is 59.7 Å². The largest absolute Gasteiger partial charge is 0.494 e. The van der Waals surface area contributed by atoms with Crippen LogP contribution in [0.3, 0.4) is 0 Å². The Labute approximate surface area is 295 Å². The highest BCUT2D eigenvalue weighted by molar-refractivity contribution is 7.86. The predicted molar refractivity (Wildman–Crippen MR) is 184 cm³/mol. The van der Waals surface area contributed by atoms with Crippen LogP contribution in [0.1, 0.15) is 57.1 Å². The third-order valence-electron chi connectivity index (χ3n) is 8.22. The van der Waals surface area contributed by atoms with E-state index >= 15 is 0 Å². The maximum absolute atomic E-state index is 13.7. The van der Waals surface area contributed by atoms with Crippen molar-refractivity contribution in [2.24, 2.45) is 17.8 Å². The number of hydroxylamine groups is 1. The number of aryl methyl sites for hydroxylation is 1. The van der Waals surface area contributed by atoms with Gasteiger partial charge in [0.25, 0.3) is 10.1 Å². The summed E-state index contributed by atoms with van der Waals surface area (Å²) in [4.78, 5) is 39.9. The summed E-state index contributed by atoms with van der Waals surface area (Å²) in [5.41, 5.74) is 3.53. The zero-order valence-electron chi connectivity index (χ0n) is 29.3. The molecule has 50 heavy (non-hydrogen) atoms. The average Bonchev–Trinajstić information content (AvgIpc) is 3.09. The molecule has 2 heterocycles. The third-order valence-corrected chi connectivity index (χ3v) is 9.55.